The van der Waals surface area contributed by atoms with E-state index in [0.29, 0.717) is 19.7 Å². The van der Waals surface area contributed by atoms with Gasteiger partial charge in [0.2, 0.25) is 0 Å². The van der Waals surface area contributed by atoms with Crippen LogP contribution in [0.2, 0.25) is 0 Å². The second-order valence-corrected chi connectivity index (χ2v) is 5.29. The summed E-state index contributed by atoms with van der Waals surface area (Å²) >= 11 is 0. The molecular weight excluding hydrogens is 194 g/mol. The molecule has 0 N–H and O–H groups in total. The molecule has 2 unspecified atom stereocenters. The summed E-state index contributed by atoms with van der Waals surface area (Å²) in [5, 5.41) is 4.05. The van der Waals surface area contributed by atoms with E-state index in [1.54, 1.807) is 0 Å². The van der Waals surface area contributed by atoms with E-state index in [-0.39, 0.29) is 0 Å². The molecule has 2 atom stereocenters. The van der Waals surface area contributed by atoms with E-state index in [1.165, 1.54) is 6.92 Å². The highest BCUT2D eigenvalue weighted by atomic mass is 32.2. The van der Waals surface area contributed by atoms with Gasteiger partial charge < -0.3 is 9.47 Å². The van der Waals surface area contributed by atoms with Crippen molar-refractivity contribution in [3.8, 4) is 0 Å². The van der Waals surface area contributed by atoms with Crippen molar-refractivity contribution in [3.05, 3.63) is 0 Å². The molecule has 6 heteroatoms. The molecule has 0 aromatic rings. The van der Waals surface area contributed by atoms with E-state index in [4.69, 9.17) is 9.47 Å². The number of hydrogen-bond donors (Lipinski definition) is 0. The smallest absolute Gasteiger partial charge is 0.174 e. The third-order valence-corrected chi connectivity index (χ3v) is 3.09. The predicted molar refractivity (Wildman–Crippen MR) is 47.0 cm³/mol. The molecule has 0 bridgehead atoms. The Balaban J connectivity index is 2.39. The van der Waals surface area contributed by atoms with E-state index in [0.717, 1.165) is 6.26 Å². The summed E-state index contributed by atoms with van der Waals surface area (Å²) in [7, 11) is -3.15. The van der Waals surface area contributed by atoms with Crippen molar-refractivity contribution in [2.24, 2.45) is 0 Å². The lowest BCUT2D eigenvalue weighted by molar-refractivity contribution is -0.159. The van der Waals surface area contributed by atoms with Gasteiger partial charge in [0.15, 0.2) is 21.6 Å². The molecule has 1 fully saturated rings. The third-order valence-electron chi connectivity index (χ3n) is 1.78. The maximum Gasteiger partial charge on any atom is 0.174 e. The van der Waals surface area contributed by atoms with E-state index in [1.807, 2.05) is 0 Å². The Morgan fingerprint density at radius 1 is 1.62 bits per heavy atom. The van der Waals surface area contributed by atoms with Crippen molar-refractivity contribution < 1.29 is 17.9 Å². The van der Waals surface area contributed by atoms with Gasteiger partial charge in [-0.05, 0) is 6.92 Å². The minimum atomic E-state index is -3.15. The molecule has 1 radical (unpaired) electrons. The first-order valence-corrected chi connectivity index (χ1v) is 6.05. The average molecular weight is 208 g/mol. The number of morpholine rings is 1. The van der Waals surface area contributed by atoms with Crippen molar-refractivity contribution in [1.82, 2.24) is 5.32 Å². The third kappa shape index (κ3) is 3.60. The number of hydrogen-bond acceptors (Lipinski definition) is 4. The lowest BCUT2D eigenvalue weighted by Gasteiger charge is -2.24. The van der Waals surface area contributed by atoms with Gasteiger partial charge in [-0.25, -0.2) is 13.7 Å². The van der Waals surface area contributed by atoms with Crippen LogP contribution in [0.15, 0.2) is 0 Å². The molecule has 0 amide bonds. The summed E-state index contributed by atoms with van der Waals surface area (Å²) in [5.74, 6) is 0. The Hall–Kier alpha value is -0.170. The van der Waals surface area contributed by atoms with E-state index >= 15 is 0 Å². The first-order valence-electron chi connectivity index (χ1n) is 4.09. The number of ether oxygens (including phenoxy) is 2. The minimum absolute atomic E-state index is 0.417. The fourth-order valence-corrected chi connectivity index (χ4v) is 1.22. The van der Waals surface area contributed by atoms with Crippen LogP contribution in [-0.2, 0) is 19.3 Å². The van der Waals surface area contributed by atoms with Gasteiger partial charge in [0.05, 0.1) is 13.2 Å². The lowest BCUT2D eigenvalue weighted by atomic mass is 10.5. The predicted octanol–water partition coefficient (Wildman–Crippen LogP) is -0.646. The quantitative estimate of drug-likeness (QED) is 0.618. The van der Waals surface area contributed by atoms with Gasteiger partial charge in [-0.2, -0.15) is 0 Å². The normalized spacial score (nSPS) is 27.1. The second-order valence-electron chi connectivity index (χ2n) is 2.96. The summed E-state index contributed by atoms with van der Waals surface area (Å²) in [6.45, 7) is 3.07. The van der Waals surface area contributed by atoms with Gasteiger partial charge in [0.25, 0.3) is 0 Å². The van der Waals surface area contributed by atoms with Crippen LogP contribution in [0.25, 0.3) is 0 Å². The largest absolute Gasteiger partial charge is 0.350 e. The summed E-state index contributed by atoms with van der Waals surface area (Å²) in [5.41, 5.74) is -0.828. The monoisotopic (exact) mass is 208 g/mol. The molecule has 13 heavy (non-hydrogen) atoms. The zero-order chi connectivity index (χ0) is 9.90. The Bertz CT molecular complexity index is 245. The molecule has 0 spiro atoms. The SMILES string of the molecule is CC(OC1C[N]CCO1)S(C)(=O)=O. The summed E-state index contributed by atoms with van der Waals surface area (Å²) in [4.78, 5) is 0. The summed E-state index contributed by atoms with van der Waals surface area (Å²) in [6.07, 6.45) is 0.635. The average Bonchev–Trinajstić information content (AvgIpc) is 2.04. The van der Waals surface area contributed by atoms with E-state index in [2.05, 4.69) is 5.32 Å². The zero-order valence-corrected chi connectivity index (χ0v) is 8.58. The van der Waals surface area contributed by atoms with Gasteiger partial charge in [0.1, 0.15) is 0 Å². The van der Waals surface area contributed by atoms with Crippen LogP contribution < -0.4 is 5.32 Å². The standard InChI is InChI=1S/C7H14NO4S/c1-6(13(2,9)10)12-7-5-8-3-4-11-7/h6-7H,3-5H2,1-2H3. The van der Waals surface area contributed by atoms with E-state index < -0.39 is 21.6 Å². The molecule has 0 aromatic carbocycles. The van der Waals surface area contributed by atoms with Gasteiger partial charge >= 0.3 is 0 Å². The Kier molecular flexibility index (Phi) is 3.66. The van der Waals surface area contributed by atoms with Crippen LogP contribution >= 0.6 is 0 Å². The highest BCUT2D eigenvalue weighted by Crippen LogP contribution is 2.07. The first-order chi connectivity index (χ1) is 6.00. The summed E-state index contributed by atoms with van der Waals surface area (Å²) < 4.78 is 32.3. The molecule has 77 valence electrons. The fourth-order valence-electron chi connectivity index (χ4n) is 0.895. The number of rotatable bonds is 3. The molecular formula is C7H14NO4S. The van der Waals surface area contributed by atoms with Crippen molar-refractivity contribution in [3.63, 3.8) is 0 Å². The molecule has 1 saturated heterocycles. The zero-order valence-electron chi connectivity index (χ0n) is 7.76. The second kappa shape index (κ2) is 4.36. The van der Waals surface area contributed by atoms with Crippen LogP contribution in [-0.4, -0.2) is 46.1 Å². The Labute approximate surface area is 78.3 Å². The van der Waals surface area contributed by atoms with Crippen LogP contribution in [0, 0.1) is 0 Å². The first kappa shape index (κ1) is 10.9. The molecule has 1 aliphatic heterocycles. The van der Waals surface area contributed by atoms with Crippen LogP contribution in [0.5, 0.6) is 0 Å². The molecule has 0 aromatic heterocycles. The number of sulfone groups is 1. The van der Waals surface area contributed by atoms with Gasteiger partial charge in [-0.1, -0.05) is 0 Å². The Morgan fingerprint density at radius 2 is 2.31 bits per heavy atom. The van der Waals surface area contributed by atoms with Gasteiger partial charge in [-0.3, -0.25) is 0 Å². The van der Waals surface area contributed by atoms with Crippen LogP contribution in [0.3, 0.4) is 0 Å². The topological polar surface area (TPSA) is 66.7 Å². The highest BCUT2D eigenvalue weighted by molar-refractivity contribution is 7.91. The van der Waals surface area contributed by atoms with Crippen LogP contribution in [0.4, 0.5) is 0 Å². The number of nitrogens with zero attached hydrogens (tertiary/aromatic N) is 1. The maximum absolute atomic E-state index is 11.0. The fraction of sp³-hybridized carbons (Fsp3) is 1.00. The van der Waals surface area contributed by atoms with E-state index in [9.17, 15) is 8.42 Å². The molecule has 0 aliphatic carbocycles. The van der Waals surface area contributed by atoms with Crippen molar-refractivity contribution >= 4 is 9.84 Å². The lowest BCUT2D eigenvalue weighted by Crippen LogP contribution is -2.39. The van der Waals surface area contributed by atoms with Crippen molar-refractivity contribution in [1.29, 1.82) is 0 Å². The summed E-state index contributed by atoms with van der Waals surface area (Å²) in [6, 6.07) is 0. The van der Waals surface area contributed by atoms with Crippen molar-refractivity contribution in [2.45, 2.75) is 18.6 Å². The highest BCUT2D eigenvalue weighted by Gasteiger charge is 2.22. The van der Waals surface area contributed by atoms with Crippen molar-refractivity contribution in [2.75, 3.05) is 26.0 Å². The molecule has 5 nitrogen and oxygen atoms in total. The molecule has 1 heterocycles. The molecule has 1 rings (SSSR count). The maximum atomic E-state index is 11.0. The molecule has 1 aliphatic rings. The Morgan fingerprint density at radius 3 is 2.77 bits per heavy atom. The van der Waals surface area contributed by atoms with Gasteiger partial charge in [-0.15, -0.1) is 0 Å². The van der Waals surface area contributed by atoms with Crippen LogP contribution in [0.1, 0.15) is 6.92 Å². The van der Waals surface area contributed by atoms with Gasteiger partial charge in [0, 0.05) is 12.8 Å². The minimum Gasteiger partial charge on any atom is -0.350 e. The molecule has 0 saturated carbocycles.